The molecule has 0 saturated carbocycles. The van der Waals surface area contributed by atoms with Gasteiger partial charge in [-0.05, 0) is 25.7 Å². The predicted octanol–water partition coefficient (Wildman–Crippen LogP) is 18.6. The van der Waals surface area contributed by atoms with Gasteiger partial charge in [0.2, 0.25) is 5.91 Å². The second-order valence-corrected chi connectivity index (χ2v) is 25.7. The molecule has 0 aliphatic carbocycles. The van der Waals surface area contributed by atoms with Gasteiger partial charge in [0, 0.05) is 6.42 Å². The Morgan fingerprint density at radius 2 is 0.783 bits per heavy atom. The van der Waals surface area contributed by atoms with Gasteiger partial charge in [-0.25, -0.2) is 0 Å². The van der Waals surface area contributed by atoms with Crippen LogP contribution in [0.1, 0.15) is 374 Å². The molecule has 1 aliphatic heterocycles. The zero-order valence-electron chi connectivity index (χ0n) is 54.9. The molecule has 0 spiro atoms. The van der Waals surface area contributed by atoms with E-state index in [2.05, 4.69) is 26.1 Å². The third kappa shape index (κ3) is 48.1. The molecule has 83 heavy (non-hydrogen) atoms. The summed E-state index contributed by atoms with van der Waals surface area (Å²) in [6.45, 7) is 5.85. The largest absolute Gasteiger partial charge is 0.454 e. The summed E-state index contributed by atoms with van der Waals surface area (Å²) in [6, 6.07) is -1.02. The lowest BCUT2D eigenvalue weighted by Crippen LogP contribution is -2.61. The number of hydrogen-bond acceptors (Lipinski definition) is 10. The van der Waals surface area contributed by atoms with Gasteiger partial charge in [-0.15, -0.1) is 0 Å². The Bertz CT molecular complexity index is 1400. The normalized spacial score (nSPS) is 18.5. The first-order valence-electron chi connectivity index (χ1n) is 36.5. The Balaban J connectivity index is 2.50. The average Bonchev–Trinajstić information content (AvgIpc) is 3.69. The number of unbranched alkanes of at least 4 members (excludes halogenated alkanes) is 50. The molecule has 8 atom stereocenters. The van der Waals surface area contributed by atoms with E-state index in [1.54, 1.807) is 6.08 Å². The number of hydrogen-bond donors (Lipinski definition) is 6. The number of aliphatic hydroxyl groups excluding tert-OH is 5. The molecule has 6 N–H and O–H groups in total. The van der Waals surface area contributed by atoms with Crippen LogP contribution in [0, 0.1) is 0 Å². The first kappa shape index (κ1) is 79.4. The fraction of sp³-hybridized carbons (Fsp3) is 0.944. The second-order valence-electron chi connectivity index (χ2n) is 25.7. The monoisotopic (exact) mass is 1180 g/mol. The highest BCUT2D eigenvalue weighted by Crippen LogP contribution is 2.27. The summed E-state index contributed by atoms with van der Waals surface area (Å²) in [5.41, 5.74) is 0. The van der Waals surface area contributed by atoms with E-state index in [1.165, 1.54) is 270 Å². The van der Waals surface area contributed by atoms with Crippen molar-refractivity contribution in [3.8, 4) is 0 Å². The van der Waals surface area contributed by atoms with E-state index < -0.39 is 67.4 Å². The van der Waals surface area contributed by atoms with Crippen LogP contribution in [0.5, 0.6) is 0 Å². The SMILES string of the molecule is CCCCCCCCCCC/C=C/C(O)C(COC1OC(CO)C(O)C(O)C1OC(=O)CCCCCCCCCCCCCCCCCCC)NC(=O)C(O)CCCCCCCCCCCCCCCCCCCCCCCCCCCC. The van der Waals surface area contributed by atoms with Crippen LogP contribution in [-0.4, -0.2) is 99.6 Å². The van der Waals surface area contributed by atoms with Crippen molar-refractivity contribution in [3.05, 3.63) is 12.2 Å². The van der Waals surface area contributed by atoms with Crippen molar-refractivity contribution in [2.75, 3.05) is 13.2 Å². The average molecular weight is 1180 g/mol. The fourth-order valence-electron chi connectivity index (χ4n) is 12.0. The first-order chi connectivity index (χ1) is 40.7. The molecule has 8 unspecified atom stereocenters. The van der Waals surface area contributed by atoms with Crippen LogP contribution in [0.25, 0.3) is 0 Å². The second kappa shape index (κ2) is 60.7. The van der Waals surface area contributed by atoms with E-state index in [9.17, 15) is 35.1 Å². The van der Waals surface area contributed by atoms with Crippen molar-refractivity contribution < 1.29 is 49.3 Å². The van der Waals surface area contributed by atoms with Crippen molar-refractivity contribution in [1.29, 1.82) is 0 Å². The Kier molecular flexibility index (Phi) is 58.1. The van der Waals surface area contributed by atoms with Crippen LogP contribution < -0.4 is 5.32 Å². The van der Waals surface area contributed by atoms with E-state index in [0.29, 0.717) is 19.3 Å². The van der Waals surface area contributed by atoms with Crippen LogP contribution in [0.15, 0.2) is 12.2 Å². The van der Waals surface area contributed by atoms with Crippen molar-refractivity contribution in [1.82, 2.24) is 5.32 Å². The highest BCUT2D eigenvalue weighted by atomic mass is 16.7. The molecule has 11 nitrogen and oxygen atoms in total. The van der Waals surface area contributed by atoms with E-state index in [1.807, 2.05) is 6.08 Å². The summed E-state index contributed by atoms with van der Waals surface area (Å²) in [4.78, 5) is 26.6. The number of esters is 1. The maximum absolute atomic E-state index is 13.5. The van der Waals surface area contributed by atoms with Gasteiger partial charge < -0.3 is 45.1 Å². The highest BCUT2D eigenvalue weighted by molar-refractivity contribution is 5.80. The number of amides is 1. The van der Waals surface area contributed by atoms with Crippen molar-refractivity contribution in [2.45, 2.75) is 423 Å². The number of nitrogens with one attached hydrogen (secondary N) is 1. The standard InChI is InChI=1S/C72H139NO10/c1-4-7-10-13-16-19-22-24-26-28-29-30-31-32-33-34-35-36-38-39-41-44-47-50-53-56-59-65(76)71(80)73-63(64(75)58-55-52-49-46-43-21-18-15-12-9-6-3)62-81-72-70(69(79)68(78)66(61-74)82-72)83-67(77)60-57-54-51-48-45-42-40-37-27-25-23-20-17-14-11-8-5-2/h55,58,63-66,68-70,72,74-76,78-79H,4-54,56-57,59-62H2,1-3H3,(H,73,80)/b58-55+. The van der Waals surface area contributed by atoms with Gasteiger partial charge in [-0.2, -0.15) is 0 Å². The molecular formula is C72H139NO10. The van der Waals surface area contributed by atoms with Crippen molar-refractivity contribution in [2.24, 2.45) is 0 Å². The fourth-order valence-corrected chi connectivity index (χ4v) is 12.0. The van der Waals surface area contributed by atoms with Crippen LogP contribution in [0.3, 0.4) is 0 Å². The van der Waals surface area contributed by atoms with Crippen LogP contribution in [0.2, 0.25) is 0 Å². The van der Waals surface area contributed by atoms with Crippen molar-refractivity contribution in [3.63, 3.8) is 0 Å². The molecule has 0 aromatic carbocycles. The molecule has 492 valence electrons. The van der Waals surface area contributed by atoms with Gasteiger partial charge >= 0.3 is 5.97 Å². The number of carbonyl (C=O) groups is 2. The van der Waals surface area contributed by atoms with Crippen LogP contribution in [-0.2, 0) is 23.8 Å². The summed E-state index contributed by atoms with van der Waals surface area (Å²) in [7, 11) is 0. The lowest BCUT2D eigenvalue weighted by Gasteiger charge is -2.41. The zero-order chi connectivity index (χ0) is 60.3. The van der Waals surface area contributed by atoms with E-state index in [-0.39, 0.29) is 13.0 Å². The molecule has 0 bridgehead atoms. The minimum absolute atomic E-state index is 0.132. The molecule has 1 fully saturated rings. The molecule has 0 radical (unpaired) electrons. The summed E-state index contributed by atoms with van der Waals surface area (Å²) in [6.07, 6.45) is 61.3. The number of carbonyl (C=O) groups excluding carboxylic acids is 2. The molecule has 0 aromatic heterocycles. The zero-order valence-corrected chi connectivity index (χ0v) is 54.9. The Hall–Kier alpha value is -1.60. The summed E-state index contributed by atoms with van der Waals surface area (Å²) in [5.74, 6) is -1.17. The highest BCUT2D eigenvalue weighted by Gasteiger charge is 2.47. The van der Waals surface area contributed by atoms with Crippen molar-refractivity contribution >= 4 is 11.9 Å². The van der Waals surface area contributed by atoms with Gasteiger partial charge in [0.25, 0.3) is 0 Å². The van der Waals surface area contributed by atoms with Crippen LogP contribution >= 0.6 is 0 Å². The van der Waals surface area contributed by atoms with Gasteiger partial charge in [0.1, 0.15) is 24.4 Å². The molecule has 1 saturated heterocycles. The smallest absolute Gasteiger partial charge is 0.306 e. The number of ether oxygens (including phenoxy) is 3. The summed E-state index contributed by atoms with van der Waals surface area (Å²) < 4.78 is 17.7. The van der Waals surface area contributed by atoms with Gasteiger partial charge in [-0.1, -0.05) is 354 Å². The van der Waals surface area contributed by atoms with E-state index in [4.69, 9.17) is 14.2 Å². The van der Waals surface area contributed by atoms with E-state index >= 15 is 0 Å². The molecular weight excluding hydrogens is 1040 g/mol. The lowest BCUT2D eigenvalue weighted by atomic mass is 9.99. The molecule has 11 heteroatoms. The topological polar surface area (TPSA) is 175 Å². The molecule has 0 aromatic rings. The third-order valence-corrected chi connectivity index (χ3v) is 17.7. The first-order valence-corrected chi connectivity index (χ1v) is 36.5. The molecule has 1 rings (SSSR count). The summed E-state index contributed by atoms with van der Waals surface area (Å²) in [5, 5.41) is 57.2. The van der Waals surface area contributed by atoms with E-state index in [0.717, 1.165) is 57.8 Å². The Morgan fingerprint density at radius 1 is 0.458 bits per heavy atom. The van der Waals surface area contributed by atoms with Crippen LogP contribution in [0.4, 0.5) is 0 Å². The Morgan fingerprint density at radius 3 is 1.13 bits per heavy atom. The molecule has 1 aliphatic rings. The maximum atomic E-state index is 13.5. The number of aliphatic hydroxyl groups is 5. The predicted molar refractivity (Wildman–Crippen MR) is 348 cm³/mol. The summed E-state index contributed by atoms with van der Waals surface area (Å²) >= 11 is 0. The maximum Gasteiger partial charge on any atom is 0.306 e. The van der Waals surface area contributed by atoms with Gasteiger partial charge in [-0.3, -0.25) is 9.59 Å². The molecule has 1 heterocycles. The molecule has 1 amide bonds. The minimum atomic E-state index is -1.61. The number of rotatable bonds is 64. The van der Waals surface area contributed by atoms with Gasteiger partial charge in [0.15, 0.2) is 12.4 Å². The third-order valence-electron chi connectivity index (χ3n) is 17.7. The quantitative estimate of drug-likeness (QED) is 0.0195. The Labute approximate surface area is 512 Å². The van der Waals surface area contributed by atoms with Gasteiger partial charge in [0.05, 0.1) is 25.4 Å². The minimum Gasteiger partial charge on any atom is -0.454 e. The number of allylic oxidation sites excluding steroid dienone is 1. The lowest BCUT2D eigenvalue weighted by molar-refractivity contribution is -0.305.